The molecular weight excluding hydrogens is 416 g/mol. The van der Waals surface area contributed by atoms with Crippen LogP contribution in [0.25, 0.3) is 22.4 Å². The number of hydrogen-bond donors (Lipinski definition) is 0. The summed E-state index contributed by atoms with van der Waals surface area (Å²) in [4.78, 5) is 22.4. The van der Waals surface area contributed by atoms with Gasteiger partial charge in [-0.05, 0) is 32.0 Å². The average Bonchev–Trinajstić information content (AvgIpc) is 3.24. The van der Waals surface area contributed by atoms with Crippen molar-refractivity contribution >= 4 is 22.7 Å². The molecule has 5 rings (SSSR count). The van der Waals surface area contributed by atoms with Gasteiger partial charge in [0.05, 0.1) is 29.4 Å². The molecule has 7 heteroatoms. The van der Waals surface area contributed by atoms with E-state index in [9.17, 15) is 4.79 Å². The second-order valence-electron chi connectivity index (χ2n) is 8.35. The van der Waals surface area contributed by atoms with Crippen LogP contribution in [0.4, 0.5) is 5.69 Å². The van der Waals surface area contributed by atoms with E-state index >= 15 is 0 Å². The zero-order valence-electron chi connectivity index (χ0n) is 19.0. The second kappa shape index (κ2) is 8.58. The first-order valence-electron chi connectivity index (χ1n) is 11.1. The van der Waals surface area contributed by atoms with Gasteiger partial charge in [-0.2, -0.15) is 0 Å². The number of aromatic nitrogens is 2. The topological polar surface area (TPSA) is 71.7 Å². The lowest BCUT2D eigenvalue weighted by molar-refractivity contribution is 0.0748. The predicted molar refractivity (Wildman–Crippen MR) is 128 cm³/mol. The summed E-state index contributed by atoms with van der Waals surface area (Å²) in [6, 6.07) is 18.0. The van der Waals surface area contributed by atoms with Crippen molar-refractivity contribution in [2.24, 2.45) is 0 Å². The molecule has 0 spiro atoms. The fraction of sp³-hybridized carbons (Fsp3) is 0.269. The van der Waals surface area contributed by atoms with E-state index in [2.05, 4.69) is 21.1 Å². The molecule has 2 aromatic heterocycles. The van der Waals surface area contributed by atoms with Crippen LogP contribution in [-0.2, 0) is 0 Å². The lowest BCUT2D eigenvalue weighted by Crippen LogP contribution is -2.48. The highest BCUT2D eigenvalue weighted by Crippen LogP contribution is 2.29. The summed E-state index contributed by atoms with van der Waals surface area (Å²) in [6.45, 7) is 6.64. The van der Waals surface area contributed by atoms with Gasteiger partial charge in [0.1, 0.15) is 5.75 Å². The highest BCUT2D eigenvalue weighted by atomic mass is 16.5. The minimum Gasteiger partial charge on any atom is -0.497 e. The molecular formula is C26H26N4O3. The molecule has 0 N–H and O–H groups in total. The third-order valence-electron chi connectivity index (χ3n) is 6.18. The number of methoxy groups -OCH3 is 1. The number of amides is 1. The van der Waals surface area contributed by atoms with Crippen LogP contribution in [0.3, 0.4) is 0 Å². The number of carbonyl (C=O) groups excluding carboxylic acids is 1. The number of aryl methyl sites for hydroxylation is 2. The van der Waals surface area contributed by atoms with Crippen LogP contribution in [-0.4, -0.2) is 54.2 Å². The Morgan fingerprint density at radius 1 is 1.00 bits per heavy atom. The Bertz CT molecular complexity index is 1310. The zero-order valence-corrected chi connectivity index (χ0v) is 19.0. The number of pyridine rings is 1. The van der Waals surface area contributed by atoms with E-state index in [0.29, 0.717) is 41.1 Å². The molecule has 0 unspecified atom stereocenters. The molecule has 4 aromatic rings. The van der Waals surface area contributed by atoms with E-state index < -0.39 is 0 Å². The molecule has 1 saturated heterocycles. The lowest BCUT2D eigenvalue weighted by Gasteiger charge is -2.36. The van der Waals surface area contributed by atoms with E-state index in [-0.39, 0.29) is 5.91 Å². The summed E-state index contributed by atoms with van der Waals surface area (Å²) in [6.07, 6.45) is 0. The van der Waals surface area contributed by atoms with Crippen molar-refractivity contribution in [3.05, 3.63) is 71.4 Å². The van der Waals surface area contributed by atoms with Crippen molar-refractivity contribution < 1.29 is 14.1 Å². The summed E-state index contributed by atoms with van der Waals surface area (Å²) in [5.41, 5.74) is 5.56. The number of nitrogens with zero attached hydrogens (tertiary/aromatic N) is 4. The predicted octanol–water partition coefficient (Wildman–Crippen LogP) is 4.48. The van der Waals surface area contributed by atoms with Gasteiger partial charge < -0.3 is 19.1 Å². The van der Waals surface area contributed by atoms with Gasteiger partial charge in [-0.15, -0.1) is 0 Å². The number of anilines is 1. The molecule has 0 bridgehead atoms. The molecule has 2 aromatic carbocycles. The molecule has 7 nitrogen and oxygen atoms in total. The van der Waals surface area contributed by atoms with Gasteiger partial charge in [-0.25, -0.2) is 4.98 Å². The molecule has 33 heavy (non-hydrogen) atoms. The standard InChI is InChI=1S/C26H26N4O3/c1-17-7-9-19(10-8-17)23-16-22(24-18(2)28-33-25(24)27-23)26(31)30-13-11-29(12-14-30)20-5-4-6-21(15-20)32-3/h4-10,15-16H,11-14H2,1-3H3. The first kappa shape index (κ1) is 21.0. The maximum absolute atomic E-state index is 13.6. The first-order chi connectivity index (χ1) is 16.0. The van der Waals surface area contributed by atoms with Crippen molar-refractivity contribution in [1.82, 2.24) is 15.0 Å². The number of fused-ring (bicyclic) bond motifs is 1. The SMILES string of the molecule is COc1cccc(N2CCN(C(=O)c3cc(-c4ccc(C)cc4)nc4onc(C)c34)CC2)c1. The molecule has 0 aliphatic carbocycles. The molecule has 1 aliphatic rings. The van der Waals surface area contributed by atoms with Crippen molar-refractivity contribution in [3.63, 3.8) is 0 Å². The summed E-state index contributed by atoms with van der Waals surface area (Å²) in [5.74, 6) is 0.809. The molecule has 0 saturated carbocycles. The van der Waals surface area contributed by atoms with Gasteiger partial charge in [-0.3, -0.25) is 4.79 Å². The average molecular weight is 443 g/mol. The Hall–Kier alpha value is -3.87. The summed E-state index contributed by atoms with van der Waals surface area (Å²) >= 11 is 0. The number of rotatable bonds is 4. The van der Waals surface area contributed by atoms with E-state index in [1.807, 2.05) is 67.3 Å². The van der Waals surface area contributed by atoms with Gasteiger partial charge in [-0.1, -0.05) is 41.1 Å². The van der Waals surface area contributed by atoms with Crippen LogP contribution >= 0.6 is 0 Å². The maximum atomic E-state index is 13.6. The van der Waals surface area contributed by atoms with Crippen LogP contribution in [0, 0.1) is 13.8 Å². The first-order valence-corrected chi connectivity index (χ1v) is 11.1. The van der Waals surface area contributed by atoms with Gasteiger partial charge in [0.2, 0.25) is 0 Å². The fourth-order valence-electron chi connectivity index (χ4n) is 4.28. The highest BCUT2D eigenvalue weighted by molar-refractivity contribution is 6.07. The van der Waals surface area contributed by atoms with Gasteiger partial charge in [0.25, 0.3) is 11.6 Å². The van der Waals surface area contributed by atoms with E-state index in [1.54, 1.807) is 7.11 Å². The van der Waals surface area contributed by atoms with Crippen LogP contribution in [0.15, 0.2) is 59.1 Å². The van der Waals surface area contributed by atoms with Crippen molar-refractivity contribution in [3.8, 4) is 17.0 Å². The largest absolute Gasteiger partial charge is 0.497 e. The normalized spacial score (nSPS) is 14.0. The molecule has 168 valence electrons. The van der Waals surface area contributed by atoms with Gasteiger partial charge >= 0.3 is 0 Å². The molecule has 1 fully saturated rings. The lowest BCUT2D eigenvalue weighted by atomic mass is 10.0. The smallest absolute Gasteiger partial charge is 0.259 e. The van der Waals surface area contributed by atoms with Gasteiger partial charge in [0, 0.05) is 43.5 Å². The van der Waals surface area contributed by atoms with Crippen LogP contribution < -0.4 is 9.64 Å². The summed E-state index contributed by atoms with van der Waals surface area (Å²) in [5, 5.41) is 4.76. The summed E-state index contributed by atoms with van der Waals surface area (Å²) < 4.78 is 10.8. The van der Waals surface area contributed by atoms with Crippen molar-refractivity contribution in [2.75, 3.05) is 38.2 Å². The van der Waals surface area contributed by atoms with E-state index in [0.717, 1.165) is 30.1 Å². The molecule has 0 radical (unpaired) electrons. The number of hydrogen-bond acceptors (Lipinski definition) is 6. The maximum Gasteiger partial charge on any atom is 0.259 e. The van der Waals surface area contributed by atoms with Crippen molar-refractivity contribution in [2.45, 2.75) is 13.8 Å². The number of piperazine rings is 1. The number of ether oxygens (including phenoxy) is 1. The highest BCUT2D eigenvalue weighted by Gasteiger charge is 2.26. The zero-order chi connectivity index (χ0) is 22.9. The molecule has 0 atom stereocenters. The monoisotopic (exact) mass is 442 g/mol. The molecule has 1 amide bonds. The number of carbonyl (C=O) groups is 1. The quantitative estimate of drug-likeness (QED) is 0.464. The Kier molecular flexibility index (Phi) is 5.46. The Balaban J connectivity index is 1.42. The molecule has 1 aliphatic heterocycles. The third-order valence-corrected chi connectivity index (χ3v) is 6.18. The van der Waals surface area contributed by atoms with E-state index in [4.69, 9.17) is 9.26 Å². The van der Waals surface area contributed by atoms with Crippen LogP contribution in [0.2, 0.25) is 0 Å². The van der Waals surface area contributed by atoms with Gasteiger partial charge in [0.15, 0.2) is 0 Å². The third kappa shape index (κ3) is 4.02. The minimum absolute atomic E-state index is 0.0210. The Labute approximate surface area is 192 Å². The minimum atomic E-state index is -0.0210. The van der Waals surface area contributed by atoms with Crippen molar-refractivity contribution in [1.29, 1.82) is 0 Å². The second-order valence-corrected chi connectivity index (χ2v) is 8.35. The Morgan fingerprint density at radius 2 is 1.76 bits per heavy atom. The van der Waals surface area contributed by atoms with E-state index in [1.165, 1.54) is 5.56 Å². The fourth-order valence-corrected chi connectivity index (χ4v) is 4.28. The van der Waals surface area contributed by atoms with Crippen LogP contribution in [0.5, 0.6) is 5.75 Å². The number of benzene rings is 2. The molecule has 3 heterocycles. The Morgan fingerprint density at radius 3 is 2.48 bits per heavy atom. The summed E-state index contributed by atoms with van der Waals surface area (Å²) in [7, 11) is 1.67. The van der Waals surface area contributed by atoms with Crippen LogP contribution in [0.1, 0.15) is 21.6 Å².